The average molecular weight is 374 g/mol. The minimum absolute atomic E-state index is 0.0396. The largest absolute Gasteiger partial charge is 0.507 e. The Balaban J connectivity index is 1.87. The van der Waals surface area contributed by atoms with Crippen molar-refractivity contribution in [3.05, 3.63) is 56.6 Å². The van der Waals surface area contributed by atoms with E-state index in [1.807, 2.05) is 32.9 Å². The first-order valence-electron chi connectivity index (χ1n) is 7.79. The summed E-state index contributed by atoms with van der Waals surface area (Å²) in [5.41, 5.74) is 5.15. The zero-order valence-electron chi connectivity index (χ0n) is 14.2. The lowest BCUT2D eigenvalue weighted by Crippen LogP contribution is -2.08. The molecule has 0 unspecified atom stereocenters. The molecule has 1 aromatic carbocycles. The van der Waals surface area contributed by atoms with E-state index in [0.717, 1.165) is 26.6 Å². The van der Waals surface area contributed by atoms with Crippen molar-refractivity contribution in [2.75, 3.05) is 5.75 Å². The van der Waals surface area contributed by atoms with Crippen LogP contribution in [0.2, 0.25) is 0 Å². The van der Waals surface area contributed by atoms with Gasteiger partial charge < -0.3 is 9.52 Å². The molecular formula is C18H18N2O3S2. The van der Waals surface area contributed by atoms with E-state index in [9.17, 15) is 9.90 Å². The van der Waals surface area contributed by atoms with E-state index in [-0.39, 0.29) is 11.3 Å². The van der Waals surface area contributed by atoms with E-state index in [1.165, 1.54) is 17.4 Å². The van der Waals surface area contributed by atoms with Crippen molar-refractivity contribution in [1.82, 2.24) is 10.2 Å². The number of hydrogen-bond donors (Lipinski definition) is 1. The van der Waals surface area contributed by atoms with Crippen LogP contribution in [0.5, 0.6) is 5.75 Å². The molecule has 7 heteroatoms. The number of nitrogens with zero attached hydrogens (tertiary/aromatic N) is 2. The summed E-state index contributed by atoms with van der Waals surface area (Å²) in [6.07, 6.45) is 0.527. The third kappa shape index (κ3) is 3.93. The lowest BCUT2D eigenvalue weighted by molar-refractivity contribution is 0.430. The number of hydrogen-bond acceptors (Lipinski definition) is 7. The standard InChI is InChI=1S/C18H18N2O3S2/c1-10-6-11(2)15(12(3)7-10)16-14(21)8-13(23-17(16)22)4-5-24-18-20-19-9-25-18/h6-9,21H,4-5H2,1-3H3. The molecule has 2 heterocycles. The first kappa shape index (κ1) is 17.7. The van der Waals surface area contributed by atoms with Crippen molar-refractivity contribution >= 4 is 23.1 Å². The Morgan fingerprint density at radius 2 is 1.88 bits per heavy atom. The normalized spacial score (nSPS) is 11.0. The van der Waals surface area contributed by atoms with Gasteiger partial charge in [-0.1, -0.05) is 40.8 Å². The first-order chi connectivity index (χ1) is 12.0. The molecule has 130 valence electrons. The molecule has 1 N–H and O–H groups in total. The van der Waals surface area contributed by atoms with E-state index in [4.69, 9.17) is 4.42 Å². The predicted octanol–water partition coefficient (Wildman–Crippen LogP) is 4.12. The molecule has 3 aromatic rings. The van der Waals surface area contributed by atoms with Crippen molar-refractivity contribution in [2.24, 2.45) is 0 Å². The highest BCUT2D eigenvalue weighted by atomic mass is 32.2. The smallest absolute Gasteiger partial charge is 0.347 e. The SMILES string of the molecule is Cc1cc(C)c(-c2c(O)cc(CCSc3nncs3)oc2=O)c(C)c1. The fourth-order valence-electron chi connectivity index (χ4n) is 2.92. The topological polar surface area (TPSA) is 76.2 Å². The van der Waals surface area contributed by atoms with E-state index in [1.54, 1.807) is 17.3 Å². The van der Waals surface area contributed by atoms with Crippen LogP contribution in [-0.4, -0.2) is 21.1 Å². The van der Waals surface area contributed by atoms with Gasteiger partial charge in [-0.2, -0.15) is 0 Å². The summed E-state index contributed by atoms with van der Waals surface area (Å²) in [5.74, 6) is 1.12. The van der Waals surface area contributed by atoms with Gasteiger partial charge >= 0.3 is 5.63 Å². The molecule has 0 radical (unpaired) electrons. The van der Waals surface area contributed by atoms with Crippen molar-refractivity contribution in [1.29, 1.82) is 0 Å². The van der Waals surface area contributed by atoms with Gasteiger partial charge in [-0.15, -0.1) is 10.2 Å². The summed E-state index contributed by atoms with van der Waals surface area (Å²) in [4.78, 5) is 12.5. The number of aryl methyl sites for hydroxylation is 4. The molecule has 5 nitrogen and oxygen atoms in total. The second-order valence-electron chi connectivity index (χ2n) is 5.84. The van der Waals surface area contributed by atoms with E-state index in [0.29, 0.717) is 17.9 Å². The third-order valence-corrected chi connectivity index (χ3v) is 5.68. The van der Waals surface area contributed by atoms with Crippen LogP contribution >= 0.6 is 23.1 Å². The summed E-state index contributed by atoms with van der Waals surface area (Å²) in [6, 6.07) is 5.53. The quantitative estimate of drug-likeness (QED) is 0.677. The molecule has 2 aromatic heterocycles. The second kappa shape index (κ2) is 7.41. The van der Waals surface area contributed by atoms with Gasteiger partial charge in [-0.05, 0) is 37.5 Å². The molecular weight excluding hydrogens is 356 g/mol. The predicted molar refractivity (Wildman–Crippen MR) is 101 cm³/mol. The highest BCUT2D eigenvalue weighted by Gasteiger charge is 2.17. The van der Waals surface area contributed by atoms with Crippen LogP contribution in [0.1, 0.15) is 22.5 Å². The Bertz CT molecular complexity index is 926. The Kier molecular flexibility index (Phi) is 5.24. The Hall–Kier alpha value is -2.12. The molecule has 0 fully saturated rings. The second-order valence-corrected chi connectivity index (χ2v) is 8.01. The van der Waals surface area contributed by atoms with Crippen molar-refractivity contribution in [3.63, 3.8) is 0 Å². The fourth-order valence-corrected chi connectivity index (χ4v) is 4.43. The molecule has 0 aliphatic heterocycles. The number of aromatic hydroxyl groups is 1. The molecule has 25 heavy (non-hydrogen) atoms. The zero-order chi connectivity index (χ0) is 18.0. The molecule has 3 rings (SSSR count). The molecule has 0 spiro atoms. The van der Waals surface area contributed by atoms with Gasteiger partial charge in [0.1, 0.15) is 22.6 Å². The number of aromatic nitrogens is 2. The molecule has 0 aliphatic carbocycles. The maximum atomic E-state index is 12.5. The maximum Gasteiger partial charge on any atom is 0.347 e. The van der Waals surface area contributed by atoms with Gasteiger partial charge in [-0.25, -0.2) is 4.79 Å². The minimum Gasteiger partial charge on any atom is -0.507 e. The Morgan fingerprint density at radius 1 is 1.16 bits per heavy atom. The van der Waals surface area contributed by atoms with Crippen LogP contribution in [0.4, 0.5) is 0 Å². The van der Waals surface area contributed by atoms with E-state index < -0.39 is 5.63 Å². The summed E-state index contributed by atoms with van der Waals surface area (Å²) < 4.78 is 6.31. The monoisotopic (exact) mass is 374 g/mol. The van der Waals surface area contributed by atoms with Crippen molar-refractivity contribution in [2.45, 2.75) is 31.5 Å². The first-order valence-corrected chi connectivity index (χ1v) is 9.65. The number of thioether (sulfide) groups is 1. The highest BCUT2D eigenvalue weighted by Crippen LogP contribution is 2.33. The lowest BCUT2D eigenvalue weighted by Gasteiger charge is -2.12. The van der Waals surface area contributed by atoms with Gasteiger partial charge in [0.25, 0.3) is 0 Å². The minimum atomic E-state index is -0.508. The molecule has 0 aliphatic rings. The van der Waals surface area contributed by atoms with Crippen molar-refractivity contribution in [3.8, 4) is 16.9 Å². The maximum absolute atomic E-state index is 12.5. The van der Waals surface area contributed by atoms with Gasteiger partial charge in [0.2, 0.25) is 0 Å². The fraction of sp³-hybridized carbons (Fsp3) is 0.278. The van der Waals surface area contributed by atoms with Crippen molar-refractivity contribution < 1.29 is 9.52 Å². The van der Waals surface area contributed by atoms with Crippen LogP contribution in [-0.2, 0) is 6.42 Å². The average Bonchev–Trinajstić information content (AvgIpc) is 3.02. The van der Waals surface area contributed by atoms with Crippen LogP contribution < -0.4 is 5.63 Å². The van der Waals surface area contributed by atoms with Gasteiger partial charge in [0.05, 0.1) is 0 Å². The molecule has 0 saturated carbocycles. The number of benzene rings is 1. The van der Waals surface area contributed by atoms with Crippen LogP contribution in [0, 0.1) is 20.8 Å². The summed E-state index contributed by atoms with van der Waals surface area (Å²) in [5, 5.41) is 18.2. The van der Waals surface area contributed by atoms with Crippen LogP contribution in [0.15, 0.2) is 37.3 Å². The van der Waals surface area contributed by atoms with E-state index >= 15 is 0 Å². The van der Waals surface area contributed by atoms with E-state index in [2.05, 4.69) is 10.2 Å². The highest BCUT2D eigenvalue weighted by molar-refractivity contribution is 8.00. The van der Waals surface area contributed by atoms with Gasteiger partial charge in [-0.3, -0.25) is 0 Å². The Morgan fingerprint density at radius 3 is 2.48 bits per heavy atom. The summed E-state index contributed by atoms with van der Waals surface area (Å²) >= 11 is 3.01. The third-order valence-electron chi connectivity index (χ3n) is 3.82. The summed E-state index contributed by atoms with van der Waals surface area (Å²) in [7, 11) is 0. The van der Waals surface area contributed by atoms with Crippen LogP contribution in [0.3, 0.4) is 0 Å². The van der Waals surface area contributed by atoms with Crippen LogP contribution in [0.25, 0.3) is 11.1 Å². The zero-order valence-corrected chi connectivity index (χ0v) is 15.8. The molecule has 0 amide bonds. The van der Waals surface area contributed by atoms with Gasteiger partial charge in [0, 0.05) is 18.2 Å². The Labute approximate surface area is 153 Å². The summed E-state index contributed by atoms with van der Waals surface area (Å²) in [6.45, 7) is 5.87. The van der Waals surface area contributed by atoms with Gasteiger partial charge in [0.15, 0.2) is 4.34 Å². The lowest BCUT2D eigenvalue weighted by atomic mass is 9.94. The molecule has 0 saturated heterocycles. The molecule has 0 atom stereocenters. The number of rotatable bonds is 5. The molecule has 0 bridgehead atoms.